The summed E-state index contributed by atoms with van der Waals surface area (Å²) in [6, 6.07) is 0. The highest BCUT2D eigenvalue weighted by molar-refractivity contribution is 5.88. The molecule has 15 heavy (non-hydrogen) atoms. The van der Waals surface area contributed by atoms with Crippen LogP contribution >= 0.6 is 0 Å². The quantitative estimate of drug-likeness (QED) is 0.779. The normalized spacial score (nSPS) is 10.9. The Labute approximate surface area is 88.3 Å². The number of carbonyl (C=O) groups is 1. The highest BCUT2D eigenvalue weighted by atomic mass is 16.4. The minimum absolute atomic E-state index is 0.270. The van der Waals surface area contributed by atoms with E-state index >= 15 is 0 Å². The molecule has 0 fully saturated rings. The van der Waals surface area contributed by atoms with E-state index in [9.17, 15) is 9.90 Å². The first kappa shape index (κ1) is 11.6. The van der Waals surface area contributed by atoms with Crippen LogP contribution in [0.3, 0.4) is 0 Å². The fourth-order valence-corrected chi connectivity index (χ4v) is 1.47. The summed E-state index contributed by atoms with van der Waals surface area (Å²) in [6.45, 7) is 4.80. The second-order valence-corrected chi connectivity index (χ2v) is 3.57. The summed E-state index contributed by atoms with van der Waals surface area (Å²) in [5, 5.41) is 21.8. The number of hydrogen-bond acceptors (Lipinski definition) is 3. The zero-order valence-electron chi connectivity index (χ0n) is 8.97. The van der Waals surface area contributed by atoms with Crippen molar-refractivity contribution in [2.75, 3.05) is 0 Å². The van der Waals surface area contributed by atoms with E-state index in [1.165, 1.54) is 10.9 Å². The fraction of sp³-hybridized carbons (Fsp3) is 0.600. The largest absolute Gasteiger partial charge is 0.504 e. The van der Waals surface area contributed by atoms with Gasteiger partial charge in [0, 0.05) is 6.54 Å². The molecule has 5 heteroatoms. The van der Waals surface area contributed by atoms with E-state index in [4.69, 9.17) is 5.11 Å². The number of aromatic carboxylic acids is 1. The van der Waals surface area contributed by atoms with Crippen molar-refractivity contribution in [3.63, 3.8) is 0 Å². The summed E-state index contributed by atoms with van der Waals surface area (Å²) < 4.78 is 1.50. The molecule has 84 valence electrons. The molecule has 0 aliphatic carbocycles. The molecule has 0 saturated heterocycles. The topological polar surface area (TPSA) is 75.4 Å². The van der Waals surface area contributed by atoms with Gasteiger partial charge in [0.25, 0.3) is 0 Å². The van der Waals surface area contributed by atoms with Crippen LogP contribution in [0.4, 0.5) is 0 Å². The molecular weight excluding hydrogens is 196 g/mol. The number of aromatic hydroxyl groups is 1. The van der Waals surface area contributed by atoms with Crippen LogP contribution in [0.1, 0.15) is 37.2 Å². The number of rotatable bonds is 5. The lowest BCUT2D eigenvalue weighted by Gasteiger charge is -2.11. The highest BCUT2D eigenvalue weighted by Gasteiger charge is 2.16. The highest BCUT2D eigenvalue weighted by Crippen LogP contribution is 2.17. The van der Waals surface area contributed by atoms with Gasteiger partial charge in [0.05, 0.1) is 6.20 Å². The molecule has 0 radical (unpaired) electrons. The van der Waals surface area contributed by atoms with Gasteiger partial charge in [-0.2, -0.15) is 5.10 Å². The van der Waals surface area contributed by atoms with Gasteiger partial charge in [-0.25, -0.2) is 4.79 Å². The molecule has 1 heterocycles. The molecule has 0 aliphatic heterocycles. The van der Waals surface area contributed by atoms with Gasteiger partial charge in [0.1, 0.15) is 0 Å². The smallest absolute Gasteiger partial charge is 0.360 e. The van der Waals surface area contributed by atoms with Gasteiger partial charge in [-0.05, 0) is 5.92 Å². The van der Waals surface area contributed by atoms with Crippen LogP contribution in [0.5, 0.6) is 5.75 Å². The van der Waals surface area contributed by atoms with E-state index in [1.807, 2.05) is 0 Å². The Morgan fingerprint density at radius 1 is 1.53 bits per heavy atom. The third-order valence-electron chi connectivity index (χ3n) is 2.54. The standard InChI is InChI=1S/C10H16N2O3/c1-3-7(4-2)5-12-6-8(13)9(11-12)10(14)15/h6-7,13H,3-5H2,1-2H3,(H,14,15). The van der Waals surface area contributed by atoms with E-state index in [0.717, 1.165) is 12.8 Å². The maximum absolute atomic E-state index is 10.6. The Hall–Kier alpha value is -1.52. The van der Waals surface area contributed by atoms with Crippen molar-refractivity contribution in [1.29, 1.82) is 0 Å². The van der Waals surface area contributed by atoms with Crippen molar-refractivity contribution in [2.45, 2.75) is 33.2 Å². The Balaban J connectivity index is 2.79. The second kappa shape index (κ2) is 4.82. The molecular formula is C10H16N2O3. The summed E-state index contributed by atoms with van der Waals surface area (Å²) in [5.74, 6) is -1.00. The first-order valence-electron chi connectivity index (χ1n) is 5.08. The third kappa shape index (κ3) is 2.71. The first-order chi connectivity index (χ1) is 7.08. The van der Waals surface area contributed by atoms with Crippen molar-refractivity contribution in [3.8, 4) is 5.75 Å². The molecule has 0 spiro atoms. The lowest BCUT2D eigenvalue weighted by atomic mass is 10.0. The SMILES string of the molecule is CCC(CC)Cn1cc(O)c(C(=O)O)n1. The van der Waals surface area contributed by atoms with Crippen molar-refractivity contribution >= 4 is 5.97 Å². The van der Waals surface area contributed by atoms with Gasteiger partial charge in [-0.3, -0.25) is 4.68 Å². The van der Waals surface area contributed by atoms with Crippen LogP contribution in [0.2, 0.25) is 0 Å². The summed E-state index contributed by atoms with van der Waals surface area (Å²) in [6.07, 6.45) is 3.39. The van der Waals surface area contributed by atoms with Gasteiger partial charge in [0.15, 0.2) is 5.75 Å². The summed E-state index contributed by atoms with van der Waals surface area (Å²) in [7, 11) is 0. The van der Waals surface area contributed by atoms with E-state index in [2.05, 4.69) is 18.9 Å². The van der Waals surface area contributed by atoms with Crippen molar-refractivity contribution in [1.82, 2.24) is 9.78 Å². The van der Waals surface area contributed by atoms with Crippen molar-refractivity contribution in [3.05, 3.63) is 11.9 Å². The van der Waals surface area contributed by atoms with Gasteiger partial charge in [0.2, 0.25) is 5.69 Å². The van der Waals surface area contributed by atoms with Gasteiger partial charge in [-0.15, -0.1) is 0 Å². The zero-order valence-corrected chi connectivity index (χ0v) is 8.97. The van der Waals surface area contributed by atoms with Crippen LogP contribution in [-0.4, -0.2) is 26.0 Å². The maximum Gasteiger partial charge on any atom is 0.360 e. The van der Waals surface area contributed by atoms with Gasteiger partial charge < -0.3 is 10.2 Å². The molecule has 2 N–H and O–H groups in total. The molecule has 0 bridgehead atoms. The number of carboxylic acids is 1. The number of carboxylic acid groups (broad SMARTS) is 1. The Kier molecular flexibility index (Phi) is 3.71. The summed E-state index contributed by atoms with van der Waals surface area (Å²) in [5.41, 5.74) is -0.277. The molecule has 0 atom stereocenters. The third-order valence-corrected chi connectivity index (χ3v) is 2.54. The zero-order chi connectivity index (χ0) is 11.4. The van der Waals surface area contributed by atoms with Crippen LogP contribution in [0.15, 0.2) is 6.20 Å². The number of aromatic nitrogens is 2. The fourth-order valence-electron chi connectivity index (χ4n) is 1.47. The van der Waals surface area contributed by atoms with Crippen LogP contribution in [0.25, 0.3) is 0 Å². The molecule has 0 amide bonds. The van der Waals surface area contributed by atoms with E-state index in [-0.39, 0.29) is 11.4 Å². The van der Waals surface area contributed by atoms with Gasteiger partial charge >= 0.3 is 5.97 Å². The van der Waals surface area contributed by atoms with Crippen LogP contribution < -0.4 is 0 Å². The molecule has 0 unspecified atom stereocenters. The van der Waals surface area contributed by atoms with Crippen molar-refractivity contribution < 1.29 is 15.0 Å². The maximum atomic E-state index is 10.6. The average Bonchev–Trinajstić information content (AvgIpc) is 2.56. The average molecular weight is 212 g/mol. The molecule has 1 rings (SSSR count). The lowest BCUT2D eigenvalue weighted by molar-refractivity contribution is 0.0686. The lowest BCUT2D eigenvalue weighted by Crippen LogP contribution is -2.10. The van der Waals surface area contributed by atoms with Gasteiger partial charge in [-0.1, -0.05) is 26.7 Å². The van der Waals surface area contributed by atoms with Crippen LogP contribution in [-0.2, 0) is 6.54 Å². The van der Waals surface area contributed by atoms with E-state index in [0.29, 0.717) is 12.5 Å². The number of nitrogens with zero attached hydrogens (tertiary/aromatic N) is 2. The second-order valence-electron chi connectivity index (χ2n) is 3.57. The van der Waals surface area contributed by atoms with Crippen LogP contribution in [0, 0.1) is 5.92 Å². The predicted molar refractivity (Wildman–Crippen MR) is 54.9 cm³/mol. The molecule has 0 saturated carbocycles. The number of hydrogen-bond donors (Lipinski definition) is 2. The Morgan fingerprint density at radius 2 is 2.13 bits per heavy atom. The summed E-state index contributed by atoms with van der Waals surface area (Å²) in [4.78, 5) is 10.6. The molecule has 0 aliphatic rings. The van der Waals surface area contributed by atoms with E-state index < -0.39 is 5.97 Å². The molecule has 1 aromatic heterocycles. The Bertz CT molecular complexity index is 342. The first-order valence-corrected chi connectivity index (χ1v) is 5.08. The van der Waals surface area contributed by atoms with E-state index in [1.54, 1.807) is 0 Å². The monoisotopic (exact) mass is 212 g/mol. The van der Waals surface area contributed by atoms with Crippen molar-refractivity contribution in [2.24, 2.45) is 5.92 Å². The predicted octanol–water partition coefficient (Wildman–Crippen LogP) is 1.72. The molecule has 0 aromatic carbocycles. The minimum atomic E-state index is -1.20. The Morgan fingerprint density at radius 3 is 2.53 bits per heavy atom. The minimum Gasteiger partial charge on any atom is -0.504 e. The summed E-state index contributed by atoms with van der Waals surface area (Å²) >= 11 is 0. The molecule has 1 aromatic rings. The molecule has 5 nitrogen and oxygen atoms in total.